The van der Waals surface area contributed by atoms with Crippen molar-refractivity contribution >= 4 is 35.1 Å². The molecule has 0 aliphatic heterocycles. The second-order valence-corrected chi connectivity index (χ2v) is 14.6. The smallest absolute Gasteiger partial charge is 0.287 e. The molecule has 2 heterocycles. The maximum Gasteiger partial charge on any atom is 0.287 e. The Balaban J connectivity index is 1.48. The zero-order valence-electron chi connectivity index (χ0n) is 27.7. The Kier molecular flexibility index (Phi) is 10.2. The van der Waals surface area contributed by atoms with Crippen LogP contribution in [0.4, 0.5) is 5.69 Å². The number of pyridine rings is 1. The van der Waals surface area contributed by atoms with Crippen molar-refractivity contribution in [1.82, 2.24) is 30.1 Å². The number of nitrogens with zero attached hydrogens (tertiary/aromatic N) is 3. The van der Waals surface area contributed by atoms with E-state index in [1.807, 2.05) is 0 Å². The maximum absolute atomic E-state index is 13.4. The number of anilines is 1. The van der Waals surface area contributed by atoms with E-state index < -0.39 is 35.1 Å². The third-order valence-electron chi connectivity index (χ3n) is 8.91. The number of carbonyl (C=O) groups is 5. The molecule has 13 nitrogen and oxygen atoms in total. The van der Waals surface area contributed by atoms with Crippen molar-refractivity contribution in [2.45, 2.75) is 97.7 Å². The molecule has 0 unspecified atom stereocenters. The maximum atomic E-state index is 13.4. The average molecular weight is 638 g/mol. The van der Waals surface area contributed by atoms with E-state index in [4.69, 9.17) is 0 Å². The van der Waals surface area contributed by atoms with Crippen LogP contribution in [0.2, 0.25) is 0 Å². The van der Waals surface area contributed by atoms with Crippen LogP contribution < -0.4 is 26.8 Å². The lowest BCUT2D eigenvalue weighted by atomic mass is 9.53. The van der Waals surface area contributed by atoms with E-state index in [9.17, 15) is 28.8 Å². The van der Waals surface area contributed by atoms with Crippen LogP contribution in [0.1, 0.15) is 90.1 Å². The summed E-state index contributed by atoms with van der Waals surface area (Å²) in [5.41, 5.74) is -0.655. The molecule has 2 aromatic heterocycles. The number of rotatable bonds is 12. The van der Waals surface area contributed by atoms with Gasteiger partial charge in [0.2, 0.25) is 17.6 Å². The van der Waals surface area contributed by atoms with E-state index >= 15 is 0 Å². The highest BCUT2D eigenvalue weighted by atomic mass is 16.2. The molecule has 0 aromatic carbocycles. The van der Waals surface area contributed by atoms with Gasteiger partial charge in [-0.3, -0.25) is 28.8 Å². The first-order chi connectivity index (χ1) is 21.5. The van der Waals surface area contributed by atoms with Crippen LogP contribution >= 0.6 is 0 Å². The number of imidazole rings is 1. The minimum Gasteiger partial charge on any atom is -0.350 e. The van der Waals surface area contributed by atoms with Crippen molar-refractivity contribution in [3.05, 3.63) is 46.9 Å². The normalized spacial score (nSPS) is 21.8. The van der Waals surface area contributed by atoms with Crippen molar-refractivity contribution in [3.63, 3.8) is 0 Å². The molecule has 2 aliphatic carbocycles. The number of aromatic nitrogens is 3. The van der Waals surface area contributed by atoms with Crippen LogP contribution in [0.3, 0.4) is 0 Å². The molecule has 0 spiro atoms. The number of ketones is 1. The zero-order chi connectivity index (χ0) is 33.9. The molecule has 2 aromatic rings. The SMILES string of the molecule is CCNC(=O)C(=O)CC[C@H](NC(=O)c1cncn1C)C(=O)Nc1cccn(CC(=O)NC23CC(CC(C)(C)C2)CC(C)(C)C3)c1=O. The van der Waals surface area contributed by atoms with Gasteiger partial charge in [0, 0.05) is 31.7 Å². The van der Waals surface area contributed by atoms with Crippen molar-refractivity contribution in [2.75, 3.05) is 11.9 Å². The van der Waals surface area contributed by atoms with Gasteiger partial charge in [-0.15, -0.1) is 0 Å². The summed E-state index contributed by atoms with van der Waals surface area (Å²) in [4.78, 5) is 81.3. The highest BCUT2D eigenvalue weighted by Gasteiger charge is 2.51. The zero-order valence-corrected chi connectivity index (χ0v) is 27.7. The first-order valence-corrected chi connectivity index (χ1v) is 15.9. The van der Waals surface area contributed by atoms with Gasteiger partial charge in [0.1, 0.15) is 24.0 Å². The van der Waals surface area contributed by atoms with Gasteiger partial charge in [-0.2, -0.15) is 0 Å². The number of carbonyl (C=O) groups excluding carboxylic acids is 5. The average Bonchev–Trinajstić information content (AvgIpc) is 3.36. The monoisotopic (exact) mass is 637 g/mol. The van der Waals surface area contributed by atoms with E-state index in [1.54, 1.807) is 20.0 Å². The fourth-order valence-corrected chi connectivity index (χ4v) is 7.85. The number of likely N-dealkylation sites (N-methyl/N-ethyl adjacent to an activating group) is 1. The second kappa shape index (κ2) is 13.6. The summed E-state index contributed by atoms with van der Waals surface area (Å²) in [6.45, 7) is 10.7. The van der Waals surface area contributed by atoms with Gasteiger partial charge in [0.05, 0.1) is 12.5 Å². The number of amides is 4. The van der Waals surface area contributed by atoms with Crippen LogP contribution in [0.5, 0.6) is 0 Å². The summed E-state index contributed by atoms with van der Waals surface area (Å²) < 4.78 is 2.70. The van der Waals surface area contributed by atoms with Crippen LogP contribution in [0, 0.1) is 16.7 Å². The minimum absolute atomic E-state index is 0.0917. The van der Waals surface area contributed by atoms with Crippen LogP contribution in [0.15, 0.2) is 35.6 Å². The molecular weight excluding hydrogens is 590 g/mol. The quantitative estimate of drug-likeness (QED) is 0.259. The van der Waals surface area contributed by atoms with Crippen LogP contribution in [0.25, 0.3) is 0 Å². The molecule has 250 valence electrons. The molecule has 0 saturated heterocycles. The third-order valence-corrected chi connectivity index (χ3v) is 8.91. The van der Waals surface area contributed by atoms with E-state index in [2.05, 4.69) is 53.9 Å². The molecule has 4 rings (SSSR count). The van der Waals surface area contributed by atoms with Crippen LogP contribution in [-0.4, -0.2) is 61.7 Å². The Morgan fingerprint density at radius 3 is 2.33 bits per heavy atom. The number of nitrogens with one attached hydrogen (secondary N) is 4. The fourth-order valence-electron chi connectivity index (χ4n) is 7.85. The highest BCUT2D eigenvalue weighted by Crippen LogP contribution is 2.55. The molecule has 4 amide bonds. The number of aryl methyl sites for hydroxylation is 1. The van der Waals surface area contributed by atoms with Crippen molar-refractivity contribution in [2.24, 2.45) is 23.8 Å². The van der Waals surface area contributed by atoms with Crippen LogP contribution in [-0.2, 0) is 32.8 Å². The summed E-state index contributed by atoms with van der Waals surface area (Å²) in [5.74, 6) is -2.64. The lowest BCUT2D eigenvalue weighted by Gasteiger charge is -2.56. The van der Waals surface area contributed by atoms with Crippen molar-refractivity contribution in [3.8, 4) is 0 Å². The van der Waals surface area contributed by atoms with Gasteiger partial charge in [0.15, 0.2) is 0 Å². The lowest BCUT2D eigenvalue weighted by Crippen LogP contribution is -2.60. The molecule has 2 saturated carbocycles. The predicted molar refractivity (Wildman–Crippen MR) is 172 cm³/mol. The van der Waals surface area contributed by atoms with Gasteiger partial charge in [-0.1, -0.05) is 27.7 Å². The number of Topliss-reactive ketones (excluding diaryl/α,β-unsaturated/α-hetero) is 1. The molecule has 2 aliphatic rings. The Labute approximate surface area is 269 Å². The number of hydrogen-bond acceptors (Lipinski definition) is 7. The summed E-state index contributed by atoms with van der Waals surface area (Å²) >= 11 is 0. The summed E-state index contributed by atoms with van der Waals surface area (Å²) in [7, 11) is 1.61. The van der Waals surface area contributed by atoms with E-state index in [0.29, 0.717) is 5.92 Å². The number of hydrogen-bond donors (Lipinski definition) is 4. The lowest BCUT2D eigenvalue weighted by molar-refractivity contribution is -0.138. The molecular formula is C33H47N7O6. The minimum atomic E-state index is -1.26. The molecule has 2 bridgehead atoms. The standard InChI is InChI=1S/C33H47N7O6/c1-7-35-29(45)25(41)11-10-22(36-28(44)24-16-34-20-39(24)6)27(43)37-23-9-8-12-40(30(23)46)17-26(42)38-33-15-21(13-31(2,3)18-33)14-32(4,5)19-33/h8-9,12,16,20-22H,7,10-11,13-15,17-19H2,1-6H3,(H,35,45)(H,36,44)(H,37,43)(H,38,42)/t21?,22-,33?/m0/s1. The Morgan fingerprint density at radius 2 is 1.72 bits per heavy atom. The molecule has 13 heteroatoms. The fraction of sp³-hybridized carbons (Fsp3) is 0.606. The molecule has 46 heavy (non-hydrogen) atoms. The van der Waals surface area contributed by atoms with Gasteiger partial charge in [0.25, 0.3) is 17.4 Å². The van der Waals surface area contributed by atoms with Gasteiger partial charge in [-0.05, 0) is 74.3 Å². The van der Waals surface area contributed by atoms with E-state index in [1.165, 1.54) is 33.9 Å². The summed E-state index contributed by atoms with van der Waals surface area (Å²) in [5, 5.41) is 10.9. The van der Waals surface area contributed by atoms with Crippen molar-refractivity contribution < 1.29 is 24.0 Å². The molecule has 4 N–H and O–H groups in total. The topological polar surface area (TPSA) is 173 Å². The van der Waals surface area contributed by atoms with E-state index in [0.717, 1.165) is 32.1 Å². The summed E-state index contributed by atoms with van der Waals surface area (Å²) in [6, 6.07) is 1.70. The first-order valence-electron chi connectivity index (χ1n) is 15.9. The Hall–Kier alpha value is -4.29. The van der Waals surface area contributed by atoms with Gasteiger partial charge in [-0.25, -0.2) is 4.98 Å². The Bertz CT molecular complexity index is 1540. The Morgan fingerprint density at radius 1 is 1.04 bits per heavy atom. The predicted octanol–water partition coefficient (Wildman–Crippen LogP) is 2.31. The second-order valence-electron chi connectivity index (χ2n) is 14.6. The largest absolute Gasteiger partial charge is 0.350 e. The third kappa shape index (κ3) is 8.49. The highest BCUT2D eigenvalue weighted by molar-refractivity contribution is 6.36. The van der Waals surface area contributed by atoms with Crippen molar-refractivity contribution in [1.29, 1.82) is 0 Å². The summed E-state index contributed by atoms with van der Waals surface area (Å²) in [6.07, 6.45) is 8.63. The molecule has 0 radical (unpaired) electrons. The van der Waals surface area contributed by atoms with Gasteiger partial charge >= 0.3 is 0 Å². The van der Waals surface area contributed by atoms with E-state index in [-0.39, 0.29) is 59.6 Å². The first kappa shape index (κ1) is 34.6. The van der Waals surface area contributed by atoms with Gasteiger partial charge < -0.3 is 30.4 Å². The number of fused-ring (bicyclic) bond motifs is 2. The molecule has 2 fully saturated rings. The molecule has 1 atom stereocenters.